The Bertz CT molecular complexity index is 972. The molecule has 29 heavy (non-hydrogen) atoms. The number of nitrogens with one attached hydrogen (secondary N) is 1. The Morgan fingerprint density at radius 3 is 2.28 bits per heavy atom. The molecular weight excluding hydrogens is 409 g/mol. The smallest absolute Gasteiger partial charge is 0.427 e. The monoisotopic (exact) mass is 426 g/mol. The van der Waals surface area contributed by atoms with E-state index in [4.69, 9.17) is 14.2 Å². The van der Waals surface area contributed by atoms with Crippen LogP contribution in [-0.4, -0.2) is 29.2 Å². The van der Waals surface area contributed by atoms with Crippen LogP contribution in [0.2, 0.25) is 0 Å². The first-order chi connectivity index (χ1) is 13.8. The fraction of sp³-hybridized carbons (Fsp3) is 0.278. The second-order valence-corrected chi connectivity index (χ2v) is 6.73. The van der Waals surface area contributed by atoms with E-state index in [0.29, 0.717) is 22.6 Å². The highest BCUT2D eigenvalue weighted by molar-refractivity contribution is 7.15. The van der Waals surface area contributed by atoms with Crippen molar-refractivity contribution in [2.75, 3.05) is 19.5 Å². The summed E-state index contributed by atoms with van der Waals surface area (Å²) in [6.07, 6.45) is -4.43. The third-order valence-corrected chi connectivity index (χ3v) is 4.89. The van der Waals surface area contributed by atoms with Gasteiger partial charge in [-0.05, 0) is 13.0 Å². The summed E-state index contributed by atoms with van der Waals surface area (Å²) >= 11 is 0.560. The number of rotatable bonds is 7. The quantitative estimate of drug-likeness (QED) is 0.588. The van der Waals surface area contributed by atoms with Gasteiger partial charge >= 0.3 is 12.2 Å². The van der Waals surface area contributed by atoms with E-state index in [9.17, 15) is 13.2 Å². The molecule has 0 radical (unpaired) electrons. The Hall–Kier alpha value is -3.08. The van der Waals surface area contributed by atoms with E-state index in [-0.39, 0.29) is 35.1 Å². The lowest BCUT2D eigenvalue weighted by molar-refractivity contribution is -0.134. The van der Waals surface area contributed by atoms with Crippen molar-refractivity contribution in [3.8, 4) is 23.5 Å². The van der Waals surface area contributed by atoms with E-state index in [0.717, 1.165) is 0 Å². The van der Waals surface area contributed by atoms with E-state index in [1.165, 1.54) is 27.2 Å². The van der Waals surface area contributed by atoms with Crippen molar-refractivity contribution in [3.63, 3.8) is 0 Å². The number of aryl methyl sites for hydroxylation is 1. The molecule has 1 N–H and O–H groups in total. The lowest BCUT2D eigenvalue weighted by atomic mass is 10.2. The predicted octanol–water partition coefficient (Wildman–Crippen LogP) is 4.68. The molecule has 3 rings (SSSR count). The summed E-state index contributed by atoms with van der Waals surface area (Å²) in [6, 6.07) is 8.52. The average Bonchev–Trinajstić information content (AvgIpc) is 3.08. The molecule has 0 aliphatic heterocycles. The minimum atomic E-state index is -4.43. The maximum Gasteiger partial charge on any atom is 0.427 e. The van der Waals surface area contributed by atoms with Crippen LogP contribution in [0.25, 0.3) is 0 Å². The molecule has 3 aromatic rings. The Kier molecular flexibility index (Phi) is 6.06. The molecule has 7 nitrogen and oxygen atoms in total. The average molecular weight is 426 g/mol. The number of para-hydroxylation sites is 1. The molecule has 0 amide bonds. The maximum atomic E-state index is 12.9. The molecule has 2 heterocycles. The summed E-state index contributed by atoms with van der Waals surface area (Å²) in [5.74, 6) is 0.959. The van der Waals surface area contributed by atoms with Crippen molar-refractivity contribution in [2.24, 2.45) is 0 Å². The topological polar surface area (TPSA) is 78.4 Å². The summed E-state index contributed by atoms with van der Waals surface area (Å²) in [5, 5.41) is 3.07. The van der Waals surface area contributed by atoms with Crippen LogP contribution in [0.3, 0.4) is 0 Å². The second kappa shape index (κ2) is 8.52. The number of aromatic nitrogens is 3. The molecule has 0 saturated heterocycles. The van der Waals surface area contributed by atoms with E-state index >= 15 is 0 Å². The van der Waals surface area contributed by atoms with Crippen molar-refractivity contribution in [2.45, 2.75) is 19.6 Å². The van der Waals surface area contributed by atoms with Crippen LogP contribution in [0.15, 0.2) is 30.3 Å². The van der Waals surface area contributed by atoms with Crippen molar-refractivity contribution in [1.29, 1.82) is 0 Å². The number of methoxy groups -OCH3 is 2. The van der Waals surface area contributed by atoms with Crippen LogP contribution >= 0.6 is 11.3 Å². The molecule has 0 saturated carbocycles. The Balaban J connectivity index is 1.78. The summed E-state index contributed by atoms with van der Waals surface area (Å²) < 4.78 is 54.8. The van der Waals surface area contributed by atoms with E-state index in [1.54, 1.807) is 24.3 Å². The maximum absolute atomic E-state index is 12.9. The van der Waals surface area contributed by atoms with Crippen molar-refractivity contribution in [1.82, 2.24) is 15.0 Å². The van der Waals surface area contributed by atoms with Crippen molar-refractivity contribution in [3.05, 3.63) is 46.5 Å². The number of hydrogen-bond acceptors (Lipinski definition) is 8. The fourth-order valence-corrected chi connectivity index (χ4v) is 3.22. The molecule has 2 aromatic heterocycles. The van der Waals surface area contributed by atoms with Crippen LogP contribution < -0.4 is 19.5 Å². The number of anilines is 1. The van der Waals surface area contributed by atoms with Crippen LogP contribution in [0.4, 0.5) is 18.3 Å². The summed E-state index contributed by atoms with van der Waals surface area (Å²) in [6.45, 7) is 1.52. The Morgan fingerprint density at radius 1 is 1.03 bits per heavy atom. The van der Waals surface area contributed by atoms with Crippen LogP contribution in [0.1, 0.15) is 16.1 Å². The molecule has 0 atom stereocenters. The lowest BCUT2D eigenvalue weighted by Crippen LogP contribution is -2.03. The van der Waals surface area contributed by atoms with E-state index in [1.807, 2.05) is 0 Å². The molecular formula is C18H17F3N4O3S. The number of ether oxygens (including phenoxy) is 3. The Labute approximate surface area is 168 Å². The SMILES string of the molecule is COc1cc(OC)nc(Oc2ccccc2CNc2nc(C)c(C(F)(F)F)s2)n1. The van der Waals surface area contributed by atoms with Gasteiger partial charge in [0.15, 0.2) is 5.13 Å². The van der Waals surface area contributed by atoms with Crippen LogP contribution in [-0.2, 0) is 12.7 Å². The van der Waals surface area contributed by atoms with Gasteiger partial charge in [0.2, 0.25) is 11.8 Å². The van der Waals surface area contributed by atoms with Gasteiger partial charge in [-0.1, -0.05) is 29.5 Å². The fourth-order valence-electron chi connectivity index (χ4n) is 2.39. The van der Waals surface area contributed by atoms with Gasteiger partial charge in [-0.2, -0.15) is 23.1 Å². The van der Waals surface area contributed by atoms with Gasteiger partial charge in [-0.15, -0.1) is 0 Å². The highest BCUT2D eigenvalue weighted by atomic mass is 32.1. The van der Waals surface area contributed by atoms with Crippen LogP contribution in [0, 0.1) is 6.92 Å². The summed E-state index contributed by atoms with van der Waals surface area (Å²) in [4.78, 5) is 11.4. The predicted molar refractivity (Wildman–Crippen MR) is 101 cm³/mol. The highest BCUT2D eigenvalue weighted by Gasteiger charge is 2.35. The van der Waals surface area contributed by atoms with Gasteiger partial charge < -0.3 is 19.5 Å². The molecule has 0 aliphatic carbocycles. The first kappa shape index (κ1) is 20.6. The Morgan fingerprint density at radius 2 is 1.69 bits per heavy atom. The number of thiazole rings is 1. The third-order valence-electron chi connectivity index (χ3n) is 3.73. The first-order valence-electron chi connectivity index (χ1n) is 8.31. The first-order valence-corrected chi connectivity index (χ1v) is 9.13. The second-order valence-electron chi connectivity index (χ2n) is 5.73. The minimum Gasteiger partial charge on any atom is -0.481 e. The number of benzene rings is 1. The molecule has 154 valence electrons. The summed E-state index contributed by atoms with van der Waals surface area (Å²) in [5.41, 5.74) is 0.616. The van der Waals surface area contributed by atoms with Crippen LogP contribution in [0.5, 0.6) is 23.5 Å². The van der Waals surface area contributed by atoms with Gasteiger partial charge in [0.1, 0.15) is 10.6 Å². The highest BCUT2D eigenvalue weighted by Crippen LogP contribution is 2.38. The van der Waals surface area contributed by atoms with Crippen molar-refractivity contribution >= 4 is 16.5 Å². The zero-order valence-electron chi connectivity index (χ0n) is 15.7. The lowest BCUT2D eigenvalue weighted by Gasteiger charge is -2.11. The zero-order valence-corrected chi connectivity index (χ0v) is 16.5. The third kappa shape index (κ3) is 5.05. The zero-order chi connectivity index (χ0) is 21.0. The molecule has 0 aliphatic rings. The van der Waals surface area contributed by atoms with Gasteiger partial charge in [-0.3, -0.25) is 0 Å². The van der Waals surface area contributed by atoms with Crippen molar-refractivity contribution < 1.29 is 27.4 Å². The molecule has 0 spiro atoms. The van der Waals surface area contributed by atoms with E-state index < -0.39 is 11.1 Å². The number of hydrogen-bond donors (Lipinski definition) is 1. The molecule has 0 bridgehead atoms. The number of alkyl halides is 3. The molecule has 0 unspecified atom stereocenters. The van der Waals surface area contributed by atoms with E-state index in [2.05, 4.69) is 20.3 Å². The normalized spacial score (nSPS) is 11.2. The largest absolute Gasteiger partial charge is 0.481 e. The standard InChI is InChI=1S/C18H17F3N4O3S/c1-10-15(18(19,20)21)29-17(23-10)22-9-11-6-4-5-7-12(11)28-16-24-13(26-2)8-14(25-16)27-3/h4-8H,9H2,1-3H3,(H,22,23). The van der Waals surface area contributed by atoms with Gasteiger partial charge in [0.25, 0.3) is 0 Å². The summed E-state index contributed by atoms with van der Waals surface area (Å²) in [7, 11) is 2.91. The van der Waals surface area contributed by atoms with Gasteiger partial charge in [0, 0.05) is 12.1 Å². The van der Waals surface area contributed by atoms with Gasteiger partial charge in [-0.25, -0.2) is 4.98 Å². The van der Waals surface area contributed by atoms with Gasteiger partial charge in [0.05, 0.1) is 26.0 Å². The number of halogens is 3. The molecule has 1 aromatic carbocycles. The molecule has 11 heteroatoms. The number of nitrogens with zero attached hydrogens (tertiary/aromatic N) is 3. The molecule has 0 fully saturated rings. The minimum absolute atomic E-state index is 0.0121.